The van der Waals surface area contributed by atoms with E-state index < -0.39 is 0 Å². The zero-order valence-corrected chi connectivity index (χ0v) is 39.0. The second-order valence-electron chi connectivity index (χ2n) is 16.1. The number of hydrogen-bond acceptors (Lipinski definition) is 7. The van der Waals surface area contributed by atoms with E-state index in [9.17, 15) is 0 Å². The van der Waals surface area contributed by atoms with Crippen LogP contribution in [0.25, 0.3) is 79.3 Å². The Morgan fingerprint density at radius 3 is 0.873 bits per heavy atom. The lowest BCUT2D eigenvalue weighted by atomic mass is 10.1. The lowest BCUT2D eigenvalue weighted by Crippen LogP contribution is -1.80. The predicted molar refractivity (Wildman–Crippen MR) is 263 cm³/mol. The van der Waals surface area contributed by atoms with Crippen LogP contribution in [-0.2, 0) is 25.7 Å². The summed E-state index contributed by atoms with van der Waals surface area (Å²) in [6.07, 6.45) is 26.2. The lowest BCUT2D eigenvalue weighted by molar-refractivity contribution is 0.670. The molecule has 0 saturated heterocycles. The van der Waals surface area contributed by atoms with E-state index >= 15 is 0 Å². The van der Waals surface area contributed by atoms with Gasteiger partial charge in [0, 0.05) is 61.2 Å². The molecule has 0 nitrogen and oxygen atoms in total. The van der Waals surface area contributed by atoms with Crippen molar-refractivity contribution in [2.45, 2.75) is 156 Å². The zero-order chi connectivity index (χ0) is 37.5. The van der Waals surface area contributed by atoms with E-state index in [4.69, 9.17) is 0 Å². The first-order valence-corrected chi connectivity index (χ1v) is 27.4. The van der Waals surface area contributed by atoms with Gasteiger partial charge in [-0.15, -0.1) is 79.4 Å². The van der Waals surface area contributed by atoms with Gasteiger partial charge in [-0.2, -0.15) is 0 Å². The molecule has 2 aromatic carbocycles. The van der Waals surface area contributed by atoms with Gasteiger partial charge >= 0.3 is 0 Å². The number of hydrogen-bond donors (Lipinski definition) is 0. The number of benzene rings is 2. The highest BCUT2D eigenvalue weighted by Gasteiger charge is 2.26. The van der Waals surface area contributed by atoms with Crippen LogP contribution in [0.1, 0.15) is 150 Å². The van der Waals surface area contributed by atoms with Gasteiger partial charge in [0.25, 0.3) is 0 Å². The van der Waals surface area contributed by atoms with Crippen LogP contribution in [0.4, 0.5) is 0 Å². The average Bonchev–Trinajstić information content (AvgIpc) is 4.03. The maximum atomic E-state index is 2.61. The molecule has 0 amide bonds. The van der Waals surface area contributed by atoms with E-state index in [-0.39, 0.29) is 0 Å². The summed E-state index contributed by atoms with van der Waals surface area (Å²) < 4.78 is 15.7. The Kier molecular flexibility index (Phi) is 12.3. The first-order chi connectivity index (χ1) is 27.1. The third kappa shape index (κ3) is 7.38. The van der Waals surface area contributed by atoms with Crippen molar-refractivity contribution in [1.29, 1.82) is 0 Å². The van der Waals surface area contributed by atoms with Crippen LogP contribution in [0.3, 0.4) is 0 Å². The van der Waals surface area contributed by atoms with E-state index in [0.29, 0.717) is 0 Å². The molecular weight excluding hydrogens is 801 g/mol. The maximum Gasteiger partial charge on any atom is 0.0643 e. The second-order valence-corrected chi connectivity index (χ2v) is 23.7. The molecule has 0 radical (unpaired) electrons. The van der Waals surface area contributed by atoms with E-state index in [1.807, 2.05) is 0 Å². The van der Waals surface area contributed by atoms with Crippen molar-refractivity contribution in [1.82, 2.24) is 0 Å². The third-order valence-electron chi connectivity index (χ3n) is 11.8. The van der Waals surface area contributed by atoms with Crippen LogP contribution >= 0.6 is 79.4 Å². The Balaban J connectivity index is 1.23. The van der Waals surface area contributed by atoms with Gasteiger partial charge in [0.05, 0.1) is 37.6 Å². The summed E-state index contributed by atoms with van der Waals surface area (Å²) in [6, 6.07) is 10.4. The highest BCUT2D eigenvalue weighted by Crippen LogP contribution is 2.58. The molecule has 0 aliphatic carbocycles. The van der Waals surface area contributed by atoms with Crippen molar-refractivity contribution < 1.29 is 0 Å². The van der Waals surface area contributed by atoms with Crippen molar-refractivity contribution in [3.8, 4) is 0 Å². The maximum absolute atomic E-state index is 2.61. The lowest BCUT2D eigenvalue weighted by Gasteiger charge is -1.99. The number of rotatable bonds is 20. The quantitative estimate of drug-likeness (QED) is 0.0670. The molecule has 55 heavy (non-hydrogen) atoms. The zero-order valence-electron chi connectivity index (χ0n) is 33.3. The van der Waals surface area contributed by atoms with Gasteiger partial charge in [-0.3, -0.25) is 0 Å². The summed E-state index contributed by atoms with van der Waals surface area (Å²) in [5, 5.41) is 9.31. The minimum absolute atomic E-state index is 1.22. The molecule has 0 fully saturated rings. The van der Waals surface area contributed by atoms with Crippen LogP contribution in [0, 0.1) is 0 Å². The first kappa shape index (κ1) is 38.9. The normalized spacial score (nSPS) is 12.7. The van der Waals surface area contributed by atoms with Gasteiger partial charge in [0.2, 0.25) is 0 Å². The number of fused-ring (bicyclic) bond motifs is 17. The fraction of sp³-hybridized carbons (Fsp3) is 0.500. The fourth-order valence-electron chi connectivity index (χ4n) is 8.83. The molecule has 0 aliphatic rings. The summed E-state index contributed by atoms with van der Waals surface area (Å²) in [4.78, 5) is 6.37. The summed E-state index contributed by atoms with van der Waals surface area (Å²) in [6.45, 7) is 9.30. The molecule has 290 valence electrons. The van der Waals surface area contributed by atoms with Crippen molar-refractivity contribution in [3.63, 3.8) is 0 Å². The van der Waals surface area contributed by atoms with Crippen molar-refractivity contribution in [3.05, 3.63) is 43.8 Å². The fourth-order valence-corrected chi connectivity index (χ4v) is 18.9. The molecule has 0 atom stereocenters. The van der Waals surface area contributed by atoms with Gasteiger partial charge in [-0.25, -0.2) is 0 Å². The van der Waals surface area contributed by atoms with Crippen molar-refractivity contribution >= 4 is 159 Å². The van der Waals surface area contributed by atoms with Gasteiger partial charge < -0.3 is 0 Å². The molecule has 7 aromatic heterocycles. The van der Waals surface area contributed by atoms with Crippen LogP contribution in [0.5, 0.6) is 0 Å². The molecule has 0 aliphatic heterocycles. The largest absolute Gasteiger partial charge is 0.140 e. The third-order valence-corrected chi connectivity index (χ3v) is 21.0. The molecule has 9 aromatic rings. The second kappa shape index (κ2) is 17.3. The molecular formula is C48H56S7. The van der Waals surface area contributed by atoms with E-state index in [0.717, 1.165) is 0 Å². The van der Waals surface area contributed by atoms with Crippen LogP contribution in [0.2, 0.25) is 0 Å². The Morgan fingerprint density at radius 2 is 0.545 bits per heavy atom. The minimum Gasteiger partial charge on any atom is -0.140 e. The Morgan fingerprint density at radius 1 is 0.273 bits per heavy atom. The van der Waals surface area contributed by atoms with Gasteiger partial charge in [-0.05, 0) is 75.6 Å². The molecule has 0 spiro atoms. The molecule has 0 bridgehead atoms. The minimum atomic E-state index is 1.22. The summed E-state index contributed by atoms with van der Waals surface area (Å²) in [5.74, 6) is 0. The Labute approximate surface area is 355 Å². The van der Waals surface area contributed by atoms with E-state index in [1.54, 1.807) is 77.3 Å². The smallest absolute Gasteiger partial charge is 0.0643 e. The number of thiophene rings is 7. The average molecular weight is 857 g/mol. The molecule has 9 rings (SSSR count). The number of unbranched alkanes of at least 4 members (excludes halogenated alkanes) is 12. The standard InChI is InChI=1S/C48H56S7/c1-5-9-13-17-21-29-25-33-35-27-31(23-19-15-11-7-3)51-41(35)43-37(39(33)49-29)45-47(54-43)48-46(53-45)38-40-34(26-30(50-40)22-18-14-10-6-2)36-28-32(24-20-16-12-8-4)52-42(36)44(38)55-48/h25-28H,5-24H2,1-4H3. The summed E-state index contributed by atoms with van der Waals surface area (Å²) in [7, 11) is 0. The highest BCUT2D eigenvalue weighted by atomic mass is 32.1. The summed E-state index contributed by atoms with van der Waals surface area (Å²) in [5.41, 5.74) is 0. The van der Waals surface area contributed by atoms with Gasteiger partial charge in [-0.1, -0.05) is 105 Å². The molecule has 7 heterocycles. The van der Waals surface area contributed by atoms with Crippen LogP contribution in [0.15, 0.2) is 24.3 Å². The van der Waals surface area contributed by atoms with E-state index in [2.05, 4.69) is 131 Å². The Hall–Kier alpha value is -1.58. The molecule has 0 saturated carbocycles. The molecule has 0 N–H and O–H groups in total. The molecule has 0 unspecified atom stereocenters. The highest BCUT2D eigenvalue weighted by molar-refractivity contribution is 7.46. The predicted octanol–water partition coefficient (Wildman–Crippen LogP) is 19.8. The SMILES string of the molecule is CCCCCCc1cc2c3cc(CCCCCC)sc3c3c(sc4c5sc6c7sc(CCCCCC)cc7c7cc(CCCCCC)sc7c6c5sc43)c2s1. The van der Waals surface area contributed by atoms with E-state index in [1.165, 1.54) is 150 Å². The van der Waals surface area contributed by atoms with Gasteiger partial charge in [0.1, 0.15) is 0 Å². The number of aryl methyl sites for hydroxylation is 4. The monoisotopic (exact) mass is 856 g/mol. The van der Waals surface area contributed by atoms with Crippen LogP contribution in [-0.4, -0.2) is 0 Å². The summed E-state index contributed by atoms with van der Waals surface area (Å²) >= 11 is 14.9. The Bertz CT molecular complexity index is 2540. The van der Waals surface area contributed by atoms with Crippen molar-refractivity contribution in [2.75, 3.05) is 0 Å². The first-order valence-electron chi connectivity index (χ1n) is 21.7. The topological polar surface area (TPSA) is 0 Å². The van der Waals surface area contributed by atoms with Crippen molar-refractivity contribution in [2.24, 2.45) is 0 Å². The van der Waals surface area contributed by atoms with Gasteiger partial charge in [0.15, 0.2) is 0 Å². The van der Waals surface area contributed by atoms with Crippen LogP contribution < -0.4 is 0 Å². The molecule has 7 heteroatoms.